The van der Waals surface area contributed by atoms with Crippen molar-refractivity contribution in [2.45, 2.75) is 39.2 Å². The summed E-state index contributed by atoms with van der Waals surface area (Å²) in [6, 6.07) is 0.378. The Labute approximate surface area is 101 Å². The van der Waals surface area contributed by atoms with Crippen LogP contribution in [0.1, 0.15) is 42.8 Å². The number of hydrogen-bond donors (Lipinski definition) is 2. The third-order valence-corrected chi connectivity index (χ3v) is 4.67. The maximum absolute atomic E-state index is 9.00. The molecule has 0 saturated heterocycles. The van der Waals surface area contributed by atoms with Gasteiger partial charge in [0.05, 0.1) is 11.2 Å². The van der Waals surface area contributed by atoms with Crippen LogP contribution in [0.15, 0.2) is 5.51 Å². The first-order valence-corrected chi connectivity index (χ1v) is 6.79. The lowest BCUT2D eigenvalue weighted by atomic mass is 10.0. The van der Waals surface area contributed by atoms with E-state index in [0.29, 0.717) is 18.1 Å². The van der Waals surface area contributed by atoms with Crippen molar-refractivity contribution < 1.29 is 5.11 Å². The summed E-state index contributed by atoms with van der Waals surface area (Å²) < 4.78 is 0. The molecular formula is C12H20N2OS. The summed E-state index contributed by atoms with van der Waals surface area (Å²) in [5.74, 6) is 0. The number of aryl methyl sites for hydroxylation is 1. The van der Waals surface area contributed by atoms with Gasteiger partial charge in [-0.3, -0.25) is 0 Å². The number of aliphatic hydroxyl groups is 1. The van der Waals surface area contributed by atoms with E-state index in [1.54, 1.807) is 11.3 Å². The Hall–Kier alpha value is -0.450. The van der Waals surface area contributed by atoms with Crippen LogP contribution in [0.5, 0.6) is 0 Å². The molecule has 16 heavy (non-hydrogen) atoms. The zero-order valence-corrected chi connectivity index (χ0v) is 10.8. The molecule has 0 spiro atoms. The van der Waals surface area contributed by atoms with Gasteiger partial charge in [-0.1, -0.05) is 0 Å². The lowest BCUT2D eigenvalue weighted by Gasteiger charge is -2.18. The van der Waals surface area contributed by atoms with E-state index < -0.39 is 0 Å². The third kappa shape index (κ3) is 2.62. The highest BCUT2D eigenvalue weighted by atomic mass is 32.1. The van der Waals surface area contributed by atoms with E-state index in [0.717, 1.165) is 18.7 Å². The van der Waals surface area contributed by atoms with Gasteiger partial charge in [0.15, 0.2) is 0 Å². The van der Waals surface area contributed by atoms with Gasteiger partial charge in [0.25, 0.3) is 0 Å². The van der Waals surface area contributed by atoms with E-state index in [9.17, 15) is 0 Å². The minimum atomic E-state index is 0.315. The van der Waals surface area contributed by atoms with Crippen LogP contribution >= 0.6 is 11.3 Å². The Bertz CT molecular complexity index is 347. The Balaban J connectivity index is 1.84. The average molecular weight is 240 g/mol. The first-order valence-electron chi connectivity index (χ1n) is 5.91. The van der Waals surface area contributed by atoms with Crippen LogP contribution in [0.2, 0.25) is 0 Å². The fourth-order valence-electron chi connectivity index (χ4n) is 2.12. The quantitative estimate of drug-likeness (QED) is 0.801. The van der Waals surface area contributed by atoms with Crippen molar-refractivity contribution in [1.82, 2.24) is 10.3 Å². The predicted molar refractivity (Wildman–Crippen MR) is 66.6 cm³/mol. The maximum atomic E-state index is 9.00. The normalized spacial score (nSPS) is 19.7. The zero-order valence-electron chi connectivity index (χ0n) is 9.99. The molecule has 4 heteroatoms. The molecule has 1 saturated carbocycles. The van der Waals surface area contributed by atoms with Crippen LogP contribution in [-0.2, 0) is 0 Å². The second kappa shape index (κ2) is 4.82. The lowest BCUT2D eigenvalue weighted by Crippen LogP contribution is -2.27. The summed E-state index contributed by atoms with van der Waals surface area (Å²) in [6.45, 7) is 5.59. The summed E-state index contributed by atoms with van der Waals surface area (Å²) in [6.07, 6.45) is 3.46. The third-order valence-electron chi connectivity index (χ3n) is 3.56. The van der Waals surface area contributed by atoms with Crippen molar-refractivity contribution in [2.24, 2.45) is 5.41 Å². The smallest absolute Gasteiger partial charge is 0.0798 e. The summed E-state index contributed by atoms with van der Waals surface area (Å²) in [7, 11) is 0. The molecule has 1 aliphatic rings. The van der Waals surface area contributed by atoms with E-state index in [1.807, 2.05) is 5.51 Å². The molecule has 1 fully saturated rings. The maximum Gasteiger partial charge on any atom is 0.0798 e. The highest BCUT2D eigenvalue weighted by molar-refractivity contribution is 7.09. The Morgan fingerprint density at radius 1 is 1.62 bits per heavy atom. The number of hydrogen-bond acceptors (Lipinski definition) is 4. The van der Waals surface area contributed by atoms with Crippen LogP contribution < -0.4 is 5.32 Å². The van der Waals surface area contributed by atoms with Crippen LogP contribution in [0.3, 0.4) is 0 Å². The standard InChI is InChI=1S/C12H20N2OS/c1-9(11-10(2)14-8-16-11)13-7-12(3-4-12)5-6-15/h8-9,13,15H,3-7H2,1-2H3. The number of aliphatic hydroxyl groups excluding tert-OH is 1. The molecule has 0 radical (unpaired) electrons. The summed E-state index contributed by atoms with van der Waals surface area (Å²) in [5.41, 5.74) is 3.43. The molecule has 1 heterocycles. The van der Waals surface area contributed by atoms with Gasteiger partial charge >= 0.3 is 0 Å². The first-order chi connectivity index (χ1) is 7.67. The van der Waals surface area contributed by atoms with Gasteiger partial charge in [0.1, 0.15) is 0 Å². The van der Waals surface area contributed by atoms with Gasteiger partial charge in [-0.15, -0.1) is 11.3 Å². The number of nitrogens with zero attached hydrogens (tertiary/aromatic N) is 1. The van der Waals surface area contributed by atoms with Gasteiger partial charge in [-0.25, -0.2) is 4.98 Å². The molecule has 0 aromatic carbocycles. The molecule has 0 aliphatic heterocycles. The fourth-order valence-corrected chi connectivity index (χ4v) is 2.95. The number of rotatable bonds is 6. The van der Waals surface area contributed by atoms with Gasteiger partial charge in [-0.05, 0) is 38.5 Å². The van der Waals surface area contributed by atoms with Crippen molar-refractivity contribution in [2.75, 3.05) is 13.2 Å². The van der Waals surface area contributed by atoms with Crippen LogP contribution in [0.25, 0.3) is 0 Å². The Kier molecular flexibility index (Phi) is 3.62. The van der Waals surface area contributed by atoms with Gasteiger partial charge in [0.2, 0.25) is 0 Å². The molecule has 0 bridgehead atoms. The number of aromatic nitrogens is 1. The summed E-state index contributed by atoms with van der Waals surface area (Å²) >= 11 is 1.72. The van der Waals surface area contributed by atoms with Crippen molar-refractivity contribution >= 4 is 11.3 Å². The predicted octanol–water partition coefficient (Wildman–Crippen LogP) is 2.26. The minimum absolute atomic E-state index is 0.315. The van der Waals surface area contributed by atoms with Crippen molar-refractivity contribution in [3.63, 3.8) is 0 Å². The monoisotopic (exact) mass is 240 g/mol. The Morgan fingerprint density at radius 3 is 2.88 bits per heavy atom. The van der Waals surface area contributed by atoms with Crippen molar-refractivity contribution in [1.29, 1.82) is 0 Å². The van der Waals surface area contributed by atoms with Crippen molar-refractivity contribution in [3.05, 3.63) is 16.1 Å². The summed E-state index contributed by atoms with van der Waals surface area (Å²) in [4.78, 5) is 5.61. The number of nitrogens with one attached hydrogen (secondary N) is 1. The Morgan fingerprint density at radius 2 is 2.38 bits per heavy atom. The highest BCUT2D eigenvalue weighted by Gasteiger charge is 2.41. The number of thiazole rings is 1. The molecule has 1 aromatic heterocycles. The molecule has 0 amide bonds. The van der Waals surface area contributed by atoms with Crippen LogP contribution in [-0.4, -0.2) is 23.2 Å². The lowest BCUT2D eigenvalue weighted by molar-refractivity contribution is 0.243. The molecule has 2 rings (SSSR count). The van der Waals surface area contributed by atoms with Gasteiger partial charge in [-0.2, -0.15) is 0 Å². The van der Waals surface area contributed by atoms with Gasteiger partial charge < -0.3 is 10.4 Å². The SMILES string of the molecule is Cc1ncsc1C(C)NCC1(CCO)CC1. The minimum Gasteiger partial charge on any atom is -0.396 e. The molecular weight excluding hydrogens is 220 g/mol. The molecule has 1 aromatic rings. The van der Waals surface area contributed by atoms with E-state index in [1.165, 1.54) is 17.7 Å². The van der Waals surface area contributed by atoms with E-state index in [4.69, 9.17) is 5.11 Å². The zero-order chi connectivity index (χ0) is 11.6. The van der Waals surface area contributed by atoms with E-state index in [-0.39, 0.29) is 0 Å². The second-order valence-corrected chi connectivity index (χ2v) is 5.76. The average Bonchev–Trinajstić information content (AvgIpc) is 2.89. The molecule has 3 nitrogen and oxygen atoms in total. The summed E-state index contributed by atoms with van der Waals surface area (Å²) in [5, 5.41) is 12.6. The highest BCUT2D eigenvalue weighted by Crippen LogP contribution is 2.48. The van der Waals surface area contributed by atoms with Crippen LogP contribution in [0.4, 0.5) is 0 Å². The fraction of sp³-hybridized carbons (Fsp3) is 0.750. The first kappa shape index (κ1) is 12.0. The molecule has 1 aliphatic carbocycles. The van der Waals surface area contributed by atoms with E-state index in [2.05, 4.69) is 24.1 Å². The largest absolute Gasteiger partial charge is 0.396 e. The topological polar surface area (TPSA) is 45.2 Å². The van der Waals surface area contributed by atoms with E-state index >= 15 is 0 Å². The second-order valence-electron chi connectivity index (χ2n) is 4.88. The molecule has 1 unspecified atom stereocenters. The molecule has 90 valence electrons. The molecule has 1 atom stereocenters. The van der Waals surface area contributed by atoms with Crippen LogP contribution in [0, 0.1) is 12.3 Å². The molecule has 2 N–H and O–H groups in total. The van der Waals surface area contributed by atoms with Crippen molar-refractivity contribution in [3.8, 4) is 0 Å². The van der Waals surface area contributed by atoms with Gasteiger partial charge in [0, 0.05) is 24.1 Å².